The summed E-state index contributed by atoms with van der Waals surface area (Å²) in [6, 6.07) is 15.2. The second kappa shape index (κ2) is 9.47. The van der Waals surface area contributed by atoms with E-state index in [0.717, 1.165) is 34.4 Å². The quantitative estimate of drug-likeness (QED) is 0.563. The number of unbranched alkanes of at least 4 members (excludes halogenated alkanes) is 1. The molecule has 1 fully saturated rings. The maximum atomic E-state index is 13.4. The van der Waals surface area contributed by atoms with Crippen LogP contribution in [0.1, 0.15) is 44.2 Å². The van der Waals surface area contributed by atoms with Gasteiger partial charge in [0.2, 0.25) is 11.8 Å². The predicted molar refractivity (Wildman–Crippen MR) is 123 cm³/mol. The molecule has 2 amide bonds. The molecule has 0 spiro atoms. The molecule has 4 rings (SSSR count). The molecule has 2 atom stereocenters. The van der Waals surface area contributed by atoms with E-state index in [1.807, 2.05) is 53.4 Å². The zero-order valence-electron chi connectivity index (χ0n) is 17.8. The number of hydrogen-bond acceptors (Lipinski definition) is 5. The van der Waals surface area contributed by atoms with Gasteiger partial charge in [-0.2, -0.15) is 0 Å². The number of carbonyl (C=O) groups is 2. The van der Waals surface area contributed by atoms with Gasteiger partial charge in [0.05, 0.1) is 29.3 Å². The van der Waals surface area contributed by atoms with Crippen LogP contribution in [-0.4, -0.2) is 35.4 Å². The Balaban J connectivity index is 1.63. The summed E-state index contributed by atoms with van der Waals surface area (Å²) in [4.78, 5) is 32.6. The van der Waals surface area contributed by atoms with Crippen molar-refractivity contribution < 1.29 is 14.3 Å². The van der Waals surface area contributed by atoms with E-state index in [4.69, 9.17) is 4.74 Å². The fraction of sp³-hybridized carbons (Fsp3) is 0.375. The molecule has 0 radical (unpaired) electrons. The van der Waals surface area contributed by atoms with E-state index < -0.39 is 0 Å². The number of likely N-dealkylation sites (tertiary alicyclic amines) is 1. The lowest BCUT2D eigenvalue weighted by molar-refractivity contribution is -0.142. The number of carbonyl (C=O) groups excluding carboxylic acids is 2. The zero-order chi connectivity index (χ0) is 21.8. The fourth-order valence-corrected chi connectivity index (χ4v) is 5.03. The lowest BCUT2D eigenvalue weighted by Gasteiger charge is -2.41. The first kappa shape index (κ1) is 21.3. The molecule has 1 aromatic heterocycles. The number of nitrogens with zero attached hydrogens (tertiary/aromatic N) is 2. The number of piperidine rings is 1. The topological polar surface area (TPSA) is 71.5 Å². The number of rotatable bonds is 7. The van der Waals surface area contributed by atoms with Crippen molar-refractivity contribution in [2.75, 3.05) is 19.0 Å². The first-order chi connectivity index (χ1) is 15.1. The number of anilines is 1. The number of amides is 2. The van der Waals surface area contributed by atoms with Crippen molar-refractivity contribution in [1.29, 1.82) is 0 Å². The Morgan fingerprint density at radius 3 is 2.71 bits per heavy atom. The predicted octanol–water partition coefficient (Wildman–Crippen LogP) is 5.02. The number of aromatic nitrogens is 1. The molecular weight excluding hydrogens is 410 g/mol. The van der Waals surface area contributed by atoms with Crippen molar-refractivity contribution in [1.82, 2.24) is 9.88 Å². The Bertz CT molecular complexity index is 1030. The number of nitrogens with one attached hydrogen (secondary N) is 1. The third-order valence-corrected chi connectivity index (χ3v) is 6.73. The van der Waals surface area contributed by atoms with E-state index in [9.17, 15) is 9.59 Å². The highest BCUT2D eigenvalue weighted by Crippen LogP contribution is 2.38. The van der Waals surface area contributed by atoms with Crippen LogP contribution >= 0.6 is 11.3 Å². The maximum absolute atomic E-state index is 13.4. The minimum Gasteiger partial charge on any atom is -0.497 e. The van der Waals surface area contributed by atoms with Crippen LogP contribution in [0.4, 0.5) is 5.13 Å². The molecule has 0 aliphatic carbocycles. The number of para-hydroxylation sites is 1. The van der Waals surface area contributed by atoms with Gasteiger partial charge in [-0.15, -0.1) is 0 Å². The minimum atomic E-state index is -0.338. The molecule has 0 saturated carbocycles. The number of thiazole rings is 1. The molecule has 31 heavy (non-hydrogen) atoms. The Labute approximate surface area is 186 Å². The van der Waals surface area contributed by atoms with Gasteiger partial charge in [0, 0.05) is 13.0 Å². The van der Waals surface area contributed by atoms with Crippen LogP contribution in [-0.2, 0) is 9.59 Å². The van der Waals surface area contributed by atoms with Gasteiger partial charge >= 0.3 is 0 Å². The lowest BCUT2D eigenvalue weighted by Crippen LogP contribution is -2.47. The van der Waals surface area contributed by atoms with Crippen LogP contribution in [0, 0.1) is 5.92 Å². The normalized spacial score (nSPS) is 18.9. The Hall–Kier alpha value is -2.93. The fourth-order valence-electron chi connectivity index (χ4n) is 4.16. The van der Waals surface area contributed by atoms with Crippen LogP contribution in [0.15, 0.2) is 48.5 Å². The average Bonchev–Trinajstić information content (AvgIpc) is 3.20. The van der Waals surface area contributed by atoms with Crippen molar-refractivity contribution in [3.05, 3.63) is 54.1 Å². The van der Waals surface area contributed by atoms with Gasteiger partial charge in [-0.05, 0) is 42.7 Å². The second-order valence-corrected chi connectivity index (χ2v) is 8.81. The standard InChI is InChI=1S/C24H27N3O3S/c1-3-4-15-27-21(28)14-13-18(22(27)16-9-11-17(30-2)12-10-16)23(29)26-24-25-19-7-5-6-8-20(19)31-24/h5-12,18,22H,3-4,13-15H2,1-2H3,(H,25,26,29). The summed E-state index contributed by atoms with van der Waals surface area (Å²) in [5, 5.41) is 3.61. The third kappa shape index (κ3) is 4.56. The summed E-state index contributed by atoms with van der Waals surface area (Å²) in [5.74, 6) is 0.434. The van der Waals surface area contributed by atoms with Crippen molar-refractivity contribution in [2.45, 2.75) is 38.6 Å². The molecule has 6 nitrogen and oxygen atoms in total. The van der Waals surface area contributed by atoms with Gasteiger partial charge in [-0.25, -0.2) is 4.98 Å². The van der Waals surface area contributed by atoms with E-state index >= 15 is 0 Å². The molecule has 1 aliphatic rings. The van der Waals surface area contributed by atoms with Crippen LogP contribution in [0.2, 0.25) is 0 Å². The van der Waals surface area contributed by atoms with E-state index in [2.05, 4.69) is 17.2 Å². The number of fused-ring (bicyclic) bond motifs is 1. The Morgan fingerprint density at radius 1 is 1.23 bits per heavy atom. The van der Waals surface area contributed by atoms with E-state index in [1.54, 1.807) is 7.11 Å². The second-order valence-electron chi connectivity index (χ2n) is 7.78. The van der Waals surface area contributed by atoms with Gasteiger partial charge in [0.25, 0.3) is 0 Å². The third-order valence-electron chi connectivity index (χ3n) is 5.78. The highest BCUT2D eigenvalue weighted by Gasteiger charge is 2.40. The van der Waals surface area contributed by atoms with E-state index in [-0.39, 0.29) is 23.8 Å². The molecular formula is C24H27N3O3S. The summed E-state index contributed by atoms with van der Waals surface area (Å²) >= 11 is 1.47. The van der Waals surface area contributed by atoms with Crippen LogP contribution in [0.3, 0.4) is 0 Å². The summed E-state index contributed by atoms with van der Waals surface area (Å²) in [7, 11) is 1.63. The van der Waals surface area contributed by atoms with Gasteiger partial charge in [0.1, 0.15) is 5.75 Å². The smallest absolute Gasteiger partial charge is 0.231 e. The Kier molecular flexibility index (Phi) is 6.51. The van der Waals surface area contributed by atoms with Crippen molar-refractivity contribution in [2.24, 2.45) is 5.92 Å². The van der Waals surface area contributed by atoms with Crippen molar-refractivity contribution >= 4 is 38.5 Å². The minimum absolute atomic E-state index is 0.0890. The first-order valence-electron chi connectivity index (χ1n) is 10.7. The van der Waals surface area contributed by atoms with E-state index in [1.165, 1.54) is 11.3 Å². The molecule has 1 aliphatic heterocycles. The lowest BCUT2D eigenvalue weighted by atomic mass is 9.83. The zero-order valence-corrected chi connectivity index (χ0v) is 18.7. The highest BCUT2D eigenvalue weighted by atomic mass is 32.1. The summed E-state index contributed by atoms with van der Waals surface area (Å²) in [6.07, 6.45) is 2.80. The van der Waals surface area contributed by atoms with Crippen molar-refractivity contribution in [3.8, 4) is 5.75 Å². The number of benzene rings is 2. The number of hydrogen-bond donors (Lipinski definition) is 1. The van der Waals surface area contributed by atoms with Crippen molar-refractivity contribution in [3.63, 3.8) is 0 Å². The van der Waals surface area contributed by atoms with Gasteiger partial charge in [-0.3, -0.25) is 9.59 Å². The molecule has 2 heterocycles. The summed E-state index contributed by atoms with van der Waals surface area (Å²) < 4.78 is 6.32. The molecule has 7 heteroatoms. The highest BCUT2D eigenvalue weighted by molar-refractivity contribution is 7.22. The molecule has 3 aromatic rings. The van der Waals surface area contributed by atoms with Crippen LogP contribution < -0.4 is 10.1 Å². The summed E-state index contributed by atoms with van der Waals surface area (Å²) in [6.45, 7) is 2.76. The molecule has 1 saturated heterocycles. The molecule has 1 N–H and O–H groups in total. The van der Waals surface area contributed by atoms with Crippen LogP contribution in [0.25, 0.3) is 10.2 Å². The van der Waals surface area contributed by atoms with Gasteiger partial charge in [-0.1, -0.05) is 48.9 Å². The van der Waals surface area contributed by atoms with Gasteiger partial charge < -0.3 is 15.0 Å². The summed E-state index contributed by atoms with van der Waals surface area (Å²) in [5.41, 5.74) is 1.83. The maximum Gasteiger partial charge on any atom is 0.231 e. The van der Waals surface area contributed by atoms with E-state index in [0.29, 0.717) is 24.5 Å². The van der Waals surface area contributed by atoms with Crippen LogP contribution in [0.5, 0.6) is 5.75 Å². The SMILES string of the molecule is CCCCN1C(=O)CCC(C(=O)Nc2nc3ccccc3s2)C1c1ccc(OC)cc1. The first-order valence-corrected chi connectivity index (χ1v) is 11.5. The largest absolute Gasteiger partial charge is 0.497 e. The Morgan fingerprint density at radius 2 is 2.00 bits per heavy atom. The molecule has 162 valence electrons. The molecule has 2 unspecified atom stereocenters. The van der Waals surface area contributed by atoms with Gasteiger partial charge in [0.15, 0.2) is 5.13 Å². The average molecular weight is 438 g/mol. The number of ether oxygens (including phenoxy) is 1. The number of methoxy groups -OCH3 is 1. The monoisotopic (exact) mass is 437 g/mol. The molecule has 0 bridgehead atoms. The molecule has 2 aromatic carbocycles.